The third-order valence-corrected chi connectivity index (χ3v) is 14.4. The first-order chi connectivity index (χ1) is 33.8. The monoisotopic (exact) mass is 968 g/mol. The van der Waals surface area contributed by atoms with Crippen molar-refractivity contribution in [1.82, 2.24) is 40.0 Å². The van der Waals surface area contributed by atoms with Crippen LogP contribution in [0.25, 0.3) is 21.1 Å². The molecule has 18 heteroatoms. The Kier molecular flexibility index (Phi) is 18.1. The number of hydrogen-bond donors (Lipinski definition) is 2. The van der Waals surface area contributed by atoms with Crippen molar-refractivity contribution in [2.75, 3.05) is 92.6 Å². The quantitative estimate of drug-likeness (QED) is 0.0558. The van der Waals surface area contributed by atoms with E-state index in [1.165, 1.54) is 0 Å². The number of benzene rings is 1. The van der Waals surface area contributed by atoms with Crippen molar-refractivity contribution in [2.45, 2.75) is 83.1 Å². The van der Waals surface area contributed by atoms with Gasteiger partial charge in [0.1, 0.15) is 30.5 Å². The van der Waals surface area contributed by atoms with Gasteiger partial charge in [-0.1, -0.05) is 25.3 Å². The lowest BCUT2D eigenvalue weighted by atomic mass is 9.83. The average molecular weight is 969 g/mol. The number of pyridine rings is 1. The van der Waals surface area contributed by atoms with E-state index in [1.807, 2.05) is 57.8 Å². The number of likely N-dealkylation sites (tertiary alicyclic amines) is 1. The molecule has 2 atom stereocenters. The normalized spacial score (nSPS) is 17.3. The number of aryl methyl sites for hydroxylation is 1. The highest BCUT2D eigenvalue weighted by Gasteiger charge is 2.36. The number of piperidine rings is 1. The van der Waals surface area contributed by atoms with Gasteiger partial charge in [-0.05, 0) is 92.5 Å². The van der Waals surface area contributed by atoms with Gasteiger partial charge in [-0.25, -0.2) is 0 Å². The minimum atomic E-state index is -0.583. The van der Waals surface area contributed by atoms with Gasteiger partial charge in [0, 0.05) is 80.2 Å². The standard InChI is InChI=1S/C51H68N8O9S/c1-4-42(52-3)49(60)54-47(37-8-6-5-7-9-37)51(62)58-21-19-57(20-22-58)50(61)38-10-11-44-39(33-38)32-36(2)59(44)23-24-63-25-26-64-27-28-65-29-30-66-46-34-41(68-55-46)35-56-17-13-40(14-18-56)67-45-12-16-53-43-15-31-69-48(43)45/h4,10-12,15-16,31-34,37,40,42,47,52H,1,5-9,13-14,17-30,35H2,2-3H3,(H,54,60)/t42-,47-/m0/s1. The minimum Gasteiger partial charge on any atom is -0.489 e. The Morgan fingerprint density at radius 3 is 2.33 bits per heavy atom. The van der Waals surface area contributed by atoms with Crippen LogP contribution in [0, 0.1) is 12.8 Å². The van der Waals surface area contributed by atoms with Crippen LogP contribution in [0.2, 0.25) is 0 Å². The summed E-state index contributed by atoms with van der Waals surface area (Å²) >= 11 is 1.66. The van der Waals surface area contributed by atoms with E-state index >= 15 is 0 Å². The van der Waals surface area contributed by atoms with Gasteiger partial charge >= 0.3 is 0 Å². The minimum absolute atomic E-state index is 0.0516. The maximum atomic E-state index is 13.9. The van der Waals surface area contributed by atoms with Gasteiger partial charge in [-0.3, -0.25) is 24.3 Å². The Labute approximate surface area is 408 Å². The van der Waals surface area contributed by atoms with E-state index in [9.17, 15) is 14.4 Å². The number of aromatic nitrogens is 3. The highest BCUT2D eigenvalue weighted by molar-refractivity contribution is 7.17. The highest BCUT2D eigenvalue weighted by atomic mass is 32.1. The number of nitrogens with zero attached hydrogens (tertiary/aromatic N) is 6. The summed E-state index contributed by atoms with van der Waals surface area (Å²) in [6, 6.07) is 12.6. The molecule has 0 unspecified atom stereocenters. The lowest BCUT2D eigenvalue weighted by Gasteiger charge is -2.39. The lowest BCUT2D eigenvalue weighted by molar-refractivity contribution is -0.139. The van der Waals surface area contributed by atoms with Crippen LogP contribution in [0.5, 0.6) is 11.6 Å². The molecule has 2 saturated heterocycles. The van der Waals surface area contributed by atoms with Crippen molar-refractivity contribution in [3.8, 4) is 11.6 Å². The number of ether oxygens (including phenoxy) is 5. The van der Waals surface area contributed by atoms with E-state index in [2.05, 4.69) is 49.8 Å². The van der Waals surface area contributed by atoms with E-state index in [-0.39, 0.29) is 29.7 Å². The van der Waals surface area contributed by atoms with Crippen LogP contribution < -0.4 is 20.1 Å². The summed E-state index contributed by atoms with van der Waals surface area (Å²) < 4.78 is 38.2. The van der Waals surface area contributed by atoms with Crippen molar-refractivity contribution in [3.63, 3.8) is 0 Å². The average Bonchev–Trinajstić information content (AvgIpc) is 4.13. The molecule has 6 heterocycles. The Hall–Kier alpha value is -5.37. The molecule has 17 nitrogen and oxygen atoms in total. The molecule has 0 radical (unpaired) electrons. The summed E-state index contributed by atoms with van der Waals surface area (Å²) in [4.78, 5) is 51.0. The molecule has 2 N–H and O–H groups in total. The van der Waals surface area contributed by atoms with E-state index in [1.54, 1.807) is 24.5 Å². The lowest BCUT2D eigenvalue weighted by Crippen LogP contribution is -2.59. The fourth-order valence-corrected chi connectivity index (χ4v) is 10.5. The first kappa shape index (κ1) is 50.0. The van der Waals surface area contributed by atoms with Crippen molar-refractivity contribution in [3.05, 3.63) is 83.7 Å². The largest absolute Gasteiger partial charge is 0.489 e. The second-order valence-electron chi connectivity index (χ2n) is 18.1. The van der Waals surface area contributed by atoms with Crippen LogP contribution in [0.1, 0.15) is 66.8 Å². The number of rotatable bonds is 24. The first-order valence-corrected chi connectivity index (χ1v) is 25.5. The van der Waals surface area contributed by atoms with E-state index in [0.29, 0.717) is 97.0 Å². The third kappa shape index (κ3) is 13.3. The number of carbonyl (C=O) groups excluding carboxylic acids is 3. The van der Waals surface area contributed by atoms with E-state index in [0.717, 1.165) is 96.4 Å². The zero-order chi connectivity index (χ0) is 48.0. The summed E-state index contributed by atoms with van der Waals surface area (Å²) in [6.07, 6.45) is 10.5. The molecule has 3 fully saturated rings. The van der Waals surface area contributed by atoms with Gasteiger partial charge in [-0.2, -0.15) is 0 Å². The summed E-state index contributed by atoms with van der Waals surface area (Å²) in [7, 11) is 1.70. The van der Waals surface area contributed by atoms with Crippen molar-refractivity contribution in [2.24, 2.45) is 5.92 Å². The Bertz CT molecular complexity index is 2450. The van der Waals surface area contributed by atoms with E-state index < -0.39 is 12.1 Å². The zero-order valence-electron chi connectivity index (χ0n) is 40.1. The molecular formula is C51H68N8O9S. The summed E-state index contributed by atoms with van der Waals surface area (Å²) in [5.41, 5.74) is 3.72. The van der Waals surface area contributed by atoms with Gasteiger partial charge in [0.2, 0.25) is 11.8 Å². The van der Waals surface area contributed by atoms with Crippen LogP contribution in [0.15, 0.2) is 71.2 Å². The number of likely N-dealkylation sites (N-methyl/N-ethyl adjacent to an activating group) is 1. The molecule has 3 aliphatic rings. The van der Waals surface area contributed by atoms with Gasteiger partial charge in [0.05, 0.1) is 56.4 Å². The molecule has 1 aromatic carbocycles. The predicted octanol–water partition coefficient (Wildman–Crippen LogP) is 5.84. The van der Waals surface area contributed by atoms with Crippen LogP contribution in [0.3, 0.4) is 0 Å². The molecule has 3 amide bonds. The fourth-order valence-electron chi connectivity index (χ4n) is 9.66. The van der Waals surface area contributed by atoms with Crippen LogP contribution in [-0.2, 0) is 36.9 Å². The fraction of sp³-hybridized carbons (Fsp3) is 0.549. The molecular weight excluding hydrogens is 901 g/mol. The summed E-state index contributed by atoms with van der Waals surface area (Å²) in [6.45, 7) is 13.8. The van der Waals surface area contributed by atoms with E-state index in [4.69, 9.17) is 28.2 Å². The number of carbonyl (C=O) groups is 3. The van der Waals surface area contributed by atoms with Gasteiger partial charge < -0.3 is 53.2 Å². The number of piperazine rings is 1. The second-order valence-corrected chi connectivity index (χ2v) is 19.0. The molecule has 2 aliphatic heterocycles. The van der Waals surface area contributed by atoms with Crippen LogP contribution >= 0.6 is 11.3 Å². The number of amides is 3. The summed E-state index contributed by atoms with van der Waals surface area (Å²) in [5, 5.41) is 13.1. The predicted molar refractivity (Wildman–Crippen MR) is 264 cm³/mol. The van der Waals surface area contributed by atoms with Gasteiger partial charge in [0.15, 0.2) is 5.76 Å². The van der Waals surface area contributed by atoms with Crippen LogP contribution in [-0.4, -0.2) is 158 Å². The molecule has 69 heavy (non-hydrogen) atoms. The molecule has 4 aromatic heterocycles. The molecule has 0 bridgehead atoms. The van der Waals surface area contributed by atoms with Crippen molar-refractivity contribution in [1.29, 1.82) is 0 Å². The van der Waals surface area contributed by atoms with Crippen molar-refractivity contribution < 1.29 is 42.6 Å². The molecule has 372 valence electrons. The SMILES string of the molecule is C=C[C@H](NC)C(=O)N[C@H](C(=O)N1CCN(C(=O)c2ccc3c(c2)cc(C)n3CCOCCOCCOCCOc2cc(CN3CCC(Oc4ccnc5ccsc45)CC3)on2)CC1)C1CCCCC1. The maximum Gasteiger partial charge on any atom is 0.254 e. The Morgan fingerprint density at radius 1 is 0.870 bits per heavy atom. The number of hydrogen-bond acceptors (Lipinski definition) is 14. The van der Waals surface area contributed by atoms with Crippen molar-refractivity contribution >= 4 is 50.2 Å². The molecule has 1 saturated carbocycles. The topological polar surface area (TPSA) is 175 Å². The first-order valence-electron chi connectivity index (χ1n) is 24.6. The molecule has 5 aromatic rings. The number of nitrogens with one attached hydrogen (secondary N) is 2. The van der Waals surface area contributed by atoms with Crippen LogP contribution in [0.4, 0.5) is 0 Å². The third-order valence-electron chi connectivity index (χ3n) is 13.5. The smallest absolute Gasteiger partial charge is 0.254 e. The molecule has 8 rings (SSSR count). The number of thiophene rings is 1. The highest BCUT2D eigenvalue weighted by Crippen LogP contribution is 2.32. The maximum absolute atomic E-state index is 13.9. The molecule has 1 aliphatic carbocycles. The second kappa shape index (κ2) is 25.0. The number of fused-ring (bicyclic) bond motifs is 2. The summed E-state index contributed by atoms with van der Waals surface area (Å²) in [5.74, 6) is 1.88. The zero-order valence-corrected chi connectivity index (χ0v) is 40.9. The molecule has 0 spiro atoms. The van der Waals surface area contributed by atoms with Gasteiger partial charge in [-0.15, -0.1) is 17.9 Å². The Balaban J connectivity index is 0.669. The van der Waals surface area contributed by atoms with Gasteiger partial charge in [0.25, 0.3) is 11.8 Å². The Morgan fingerprint density at radius 2 is 1.59 bits per heavy atom.